The summed E-state index contributed by atoms with van der Waals surface area (Å²) in [6.45, 7) is 2.32. The first-order chi connectivity index (χ1) is 8.56. The molecule has 2 aliphatic rings. The molecule has 98 valence electrons. The Bertz CT molecular complexity index is 476. The highest BCUT2D eigenvalue weighted by atomic mass is 16.5. The minimum atomic E-state index is 0.0627. The van der Waals surface area contributed by atoms with Crippen molar-refractivity contribution >= 4 is 17.1 Å². The molecule has 0 aliphatic carbocycles. The number of nitrogens with two attached hydrogens (primary N) is 1. The third-order valence-electron chi connectivity index (χ3n) is 3.68. The van der Waals surface area contributed by atoms with Gasteiger partial charge < -0.3 is 25.2 Å². The normalized spacial score (nSPS) is 22.4. The summed E-state index contributed by atoms with van der Waals surface area (Å²) < 4.78 is 5.83. The molecule has 0 amide bonds. The van der Waals surface area contributed by atoms with Crippen LogP contribution in [0.2, 0.25) is 0 Å². The fourth-order valence-electron chi connectivity index (χ4n) is 2.74. The summed E-state index contributed by atoms with van der Waals surface area (Å²) in [7, 11) is 6.28. The van der Waals surface area contributed by atoms with Crippen molar-refractivity contribution in [1.29, 1.82) is 0 Å². The van der Waals surface area contributed by atoms with E-state index in [1.807, 2.05) is 0 Å². The third-order valence-corrected chi connectivity index (χ3v) is 3.68. The maximum atomic E-state index is 5.99. The first-order valence-electron chi connectivity index (χ1n) is 6.26. The van der Waals surface area contributed by atoms with Crippen molar-refractivity contribution in [2.24, 2.45) is 5.73 Å². The summed E-state index contributed by atoms with van der Waals surface area (Å²) >= 11 is 0. The van der Waals surface area contributed by atoms with Crippen LogP contribution in [0.15, 0.2) is 12.1 Å². The van der Waals surface area contributed by atoms with Crippen molar-refractivity contribution in [1.82, 2.24) is 0 Å². The van der Waals surface area contributed by atoms with Crippen LogP contribution in [0.5, 0.6) is 5.75 Å². The van der Waals surface area contributed by atoms with E-state index in [0.29, 0.717) is 6.61 Å². The quantitative estimate of drug-likeness (QED) is 0.732. The molecule has 2 N–H and O–H groups in total. The molecule has 5 nitrogen and oxygen atoms in total. The van der Waals surface area contributed by atoms with Gasteiger partial charge in [-0.15, -0.1) is 0 Å². The molecule has 0 unspecified atom stereocenters. The molecule has 0 radical (unpaired) electrons. The smallest absolute Gasteiger partial charge is 0.144 e. The number of hydrogen-bond acceptors (Lipinski definition) is 5. The zero-order chi connectivity index (χ0) is 12.9. The standard InChI is InChI=1S/C13H20N4O/c1-15-6-9(14)7-18-13-5-11-10(4-12(13)15)16(2)8-17(11)3/h4-5,9H,6-8,14H2,1-3H3/t9-/m0/s1. The molecule has 0 saturated carbocycles. The molecule has 3 rings (SSSR count). The number of ether oxygens (including phenoxy) is 1. The topological polar surface area (TPSA) is 45.0 Å². The average Bonchev–Trinajstić information content (AvgIpc) is 2.51. The monoisotopic (exact) mass is 248 g/mol. The summed E-state index contributed by atoms with van der Waals surface area (Å²) in [6, 6.07) is 4.39. The lowest BCUT2D eigenvalue weighted by Crippen LogP contribution is -2.37. The summed E-state index contributed by atoms with van der Waals surface area (Å²) in [5.41, 5.74) is 9.60. The Morgan fingerprint density at radius 1 is 1.06 bits per heavy atom. The zero-order valence-corrected chi connectivity index (χ0v) is 11.2. The van der Waals surface area contributed by atoms with E-state index in [4.69, 9.17) is 10.5 Å². The van der Waals surface area contributed by atoms with Gasteiger partial charge in [-0.05, 0) is 6.07 Å². The highest BCUT2D eigenvalue weighted by Gasteiger charge is 2.26. The number of benzene rings is 1. The lowest BCUT2D eigenvalue weighted by Gasteiger charge is -2.21. The van der Waals surface area contributed by atoms with E-state index in [1.165, 1.54) is 11.4 Å². The largest absolute Gasteiger partial charge is 0.490 e. The minimum Gasteiger partial charge on any atom is -0.490 e. The van der Waals surface area contributed by atoms with Crippen LogP contribution >= 0.6 is 0 Å². The van der Waals surface area contributed by atoms with E-state index in [0.717, 1.165) is 24.7 Å². The molecule has 0 spiro atoms. The molecule has 5 heteroatoms. The number of fused-ring (bicyclic) bond motifs is 2. The molecule has 2 aliphatic heterocycles. The van der Waals surface area contributed by atoms with E-state index in [2.05, 4.69) is 48.0 Å². The van der Waals surface area contributed by atoms with Crippen molar-refractivity contribution in [3.8, 4) is 5.75 Å². The van der Waals surface area contributed by atoms with Crippen molar-refractivity contribution in [2.45, 2.75) is 6.04 Å². The Hall–Kier alpha value is -1.62. The van der Waals surface area contributed by atoms with Crippen LogP contribution in [0, 0.1) is 0 Å². The van der Waals surface area contributed by atoms with Gasteiger partial charge in [0.25, 0.3) is 0 Å². The maximum Gasteiger partial charge on any atom is 0.144 e. The molecule has 1 aromatic carbocycles. The predicted octanol–water partition coefficient (Wildman–Crippen LogP) is 0.686. The fourth-order valence-corrected chi connectivity index (χ4v) is 2.74. The molecular formula is C13H20N4O. The summed E-state index contributed by atoms with van der Waals surface area (Å²) in [4.78, 5) is 6.65. The van der Waals surface area contributed by atoms with Gasteiger partial charge >= 0.3 is 0 Å². The third kappa shape index (κ3) is 1.66. The van der Waals surface area contributed by atoms with E-state index >= 15 is 0 Å². The zero-order valence-electron chi connectivity index (χ0n) is 11.2. The van der Waals surface area contributed by atoms with Gasteiger partial charge in [0.05, 0.1) is 29.8 Å². The first kappa shape index (κ1) is 11.5. The number of rotatable bonds is 0. The fraction of sp³-hybridized carbons (Fsp3) is 0.538. The number of likely N-dealkylation sites (N-methyl/N-ethyl adjacent to an activating group) is 1. The van der Waals surface area contributed by atoms with Gasteiger partial charge in [-0.1, -0.05) is 0 Å². The highest BCUT2D eigenvalue weighted by Crippen LogP contribution is 2.43. The van der Waals surface area contributed by atoms with Crippen LogP contribution in [-0.4, -0.2) is 47.0 Å². The van der Waals surface area contributed by atoms with Gasteiger partial charge in [0.1, 0.15) is 12.4 Å². The van der Waals surface area contributed by atoms with E-state index in [1.54, 1.807) is 0 Å². The second-order valence-electron chi connectivity index (χ2n) is 5.30. The minimum absolute atomic E-state index is 0.0627. The van der Waals surface area contributed by atoms with Gasteiger partial charge in [0, 0.05) is 33.8 Å². The summed E-state index contributed by atoms with van der Waals surface area (Å²) in [5.74, 6) is 0.936. The van der Waals surface area contributed by atoms with E-state index < -0.39 is 0 Å². The molecule has 0 aromatic heterocycles. The van der Waals surface area contributed by atoms with Crippen LogP contribution in [-0.2, 0) is 0 Å². The Morgan fingerprint density at radius 3 is 2.44 bits per heavy atom. The maximum absolute atomic E-state index is 5.99. The SMILES string of the molecule is CN1C[C@H](N)COc2cc3c(cc21)N(C)CN3C. The molecule has 18 heavy (non-hydrogen) atoms. The molecule has 1 aromatic rings. The number of nitrogens with zero attached hydrogens (tertiary/aromatic N) is 3. The number of anilines is 3. The molecule has 2 heterocycles. The molecule has 1 atom stereocenters. The first-order valence-corrected chi connectivity index (χ1v) is 6.26. The predicted molar refractivity (Wildman–Crippen MR) is 74.9 cm³/mol. The van der Waals surface area contributed by atoms with Crippen molar-refractivity contribution < 1.29 is 4.74 Å². The molecule has 0 bridgehead atoms. The van der Waals surface area contributed by atoms with Crippen LogP contribution in [0.1, 0.15) is 0 Å². The van der Waals surface area contributed by atoms with Crippen molar-refractivity contribution in [3.63, 3.8) is 0 Å². The Balaban J connectivity index is 2.08. The van der Waals surface area contributed by atoms with Crippen LogP contribution in [0.4, 0.5) is 17.1 Å². The van der Waals surface area contributed by atoms with Gasteiger partial charge in [-0.2, -0.15) is 0 Å². The average molecular weight is 248 g/mol. The van der Waals surface area contributed by atoms with Gasteiger partial charge in [-0.25, -0.2) is 0 Å². The second-order valence-corrected chi connectivity index (χ2v) is 5.30. The molecule has 0 saturated heterocycles. The van der Waals surface area contributed by atoms with Crippen molar-refractivity contribution in [3.05, 3.63) is 12.1 Å². The Kier molecular flexibility index (Phi) is 2.52. The van der Waals surface area contributed by atoms with Gasteiger partial charge in [0.15, 0.2) is 0 Å². The van der Waals surface area contributed by atoms with Crippen LogP contribution in [0.3, 0.4) is 0 Å². The Morgan fingerprint density at radius 2 is 1.72 bits per heavy atom. The lowest BCUT2D eigenvalue weighted by molar-refractivity contribution is 0.300. The van der Waals surface area contributed by atoms with E-state index in [9.17, 15) is 0 Å². The van der Waals surface area contributed by atoms with E-state index in [-0.39, 0.29) is 6.04 Å². The summed E-state index contributed by atoms with van der Waals surface area (Å²) in [6.07, 6.45) is 0. The number of hydrogen-bond donors (Lipinski definition) is 1. The highest BCUT2D eigenvalue weighted by molar-refractivity contribution is 5.83. The van der Waals surface area contributed by atoms with Crippen molar-refractivity contribution in [2.75, 3.05) is 55.7 Å². The Labute approximate surface area is 108 Å². The van der Waals surface area contributed by atoms with Crippen LogP contribution < -0.4 is 25.2 Å². The molecular weight excluding hydrogens is 228 g/mol. The van der Waals surface area contributed by atoms with Crippen LogP contribution in [0.25, 0.3) is 0 Å². The van der Waals surface area contributed by atoms with Gasteiger partial charge in [-0.3, -0.25) is 0 Å². The van der Waals surface area contributed by atoms with Gasteiger partial charge in [0.2, 0.25) is 0 Å². The lowest BCUT2D eigenvalue weighted by atomic mass is 10.2. The summed E-state index contributed by atoms with van der Waals surface area (Å²) in [5, 5.41) is 0. The molecule has 0 fully saturated rings. The second kappa shape index (κ2) is 3.95.